The van der Waals surface area contributed by atoms with Crippen molar-refractivity contribution in [2.24, 2.45) is 0 Å². The van der Waals surface area contributed by atoms with Crippen LogP contribution in [0.1, 0.15) is 27.7 Å². The number of pyridine rings is 1. The molecular formula is C23H27N3O3S2. The quantitative estimate of drug-likeness (QED) is 0.439. The number of rotatable bonds is 6. The first-order chi connectivity index (χ1) is 14.8. The standard InChI is InChI=1S/C12H14N2OS.C11H13NO2S/c1-9(2)14-16(15)12-4-3-10-5-6-13-8-11(10)7-12;1-8(2)12-15(13)10-4-3-9-5-6-14-11(9)7-10/h3-9,14H,1-2H3;3-8,12H,1-2H3. The van der Waals surface area contributed by atoms with E-state index in [2.05, 4.69) is 14.4 Å². The van der Waals surface area contributed by atoms with E-state index in [4.69, 9.17) is 4.42 Å². The Labute approximate surface area is 187 Å². The van der Waals surface area contributed by atoms with E-state index < -0.39 is 22.0 Å². The van der Waals surface area contributed by atoms with Crippen molar-refractivity contribution in [3.8, 4) is 0 Å². The second-order valence-electron chi connectivity index (χ2n) is 7.59. The number of aromatic nitrogens is 1. The summed E-state index contributed by atoms with van der Waals surface area (Å²) in [5.41, 5.74) is 0.770. The number of hydrogen-bond donors (Lipinski definition) is 2. The van der Waals surface area contributed by atoms with Crippen LogP contribution in [0.4, 0.5) is 0 Å². The van der Waals surface area contributed by atoms with Crippen LogP contribution in [0, 0.1) is 0 Å². The average Bonchev–Trinajstić information content (AvgIpc) is 3.21. The van der Waals surface area contributed by atoms with Crippen molar-refractivity contribution < 1.29 is 12.8 Å². The number of nitrogens with zero attached hydrogens (tertiary/aromatic N) is 1. The lowest BCUT2D eigenvalue weighted by Gasteiger charge is -2.08. The van der Waals surface area contributed by atoms with Crippen molar-refractivity contribution >= 4 is 43.7 Å². The van der Waals surface area contributed by atoms with Crippen molar-refractivity contribution in [1.29, 1.82) is 0 Å². The van der Waals surface area contributed by atoms with Crippen LogP contribution in [0.25, 0.3) is 21.7 Å². The summed E-state index contributed by atoms with van der Waals surface area (Å²) in [4.78, 5) is 5.58. The largest absolute Gasteiger partial charge is 0.464 e. The molecule has 31 heavy (non-hydrogen) atoms. The van der Waals surface area contributed by atoms with E-state index in [1.54, 1.807) is 24.7 Å². The van der Waals surface area contributed by atoms with Crippen molar-refractivity contribution in [1.82, 2.24) is 14.4 Å². The third-order valence-electron chi connectivity index (χ3n) is 4.15. The normalized spacial score (nSPS) is 13.4. The van der Waals surface area contributed by atoms with Gasteiger partial charge >= 0.3 is 0 Å². The van der Waals surface area contributed by atoms with E-state index in [1.807, 2.05) is 70.2 Å². The maximum absolute atomic E-state index is 11.9. The van der Waals surface area contributed by atoms with E-state index >= 15 is 0 Å². The van der Waals surface area contributed by atoms with E-state index in [0.717, 1.165) is 31.5 Å². The van der Waals surface area contributed by atoms with Gasteiger partial charge in [0.25, 0.3) is 0 Å². The molecule has 4 aromatic rings. The fourth-order valence-corrected chi connectivity index (χ4v) is 4.75. The Kier molecular flexibility index (Phi) is 8.09. The molecule has 0 aliphatic carbocycles. The van der Waals surface area contributed by atoms with Gasteiger partial charge < -0.3 is 4.42 Å². The van der Waals surface area contributed by atoms with Gasteiger partial charge in [0.05, 0.1) is 16.1 Å². The van der Waals surface area contributed by atoms with Crippen LogP contribution in [0.2, 0.25) is 0 Å². The van der Waals surface area contributed by atoms with Crippen molar-refractivity contribution in [3.05, 3.63) is 67.2 Å². The first kappa shape index (κ1) is 23.3. The van der Waals surface area contributed by atoms with Gasteiger partial charge in [-0.1, -0.05) is 6.07 Å². The Balaban J connectivity index is 0.000000176. The molecule has 164 valence electrons. The summed E-state index contributed by atoms with van der Waals surface area (Å²) < 4.78 is 34.8. The minimum atomic E-state index is -1.16. The van der Waals surface area contributed by atoms with Gasteiger partial charge in [-0.15, -0.1) is 0 Å². The van der Waals surface area contributed by atoms with Gasteiger partial charge in [-0.2, -0.15) is 0 Å². The highest BCUT2D eigenvalue weighted by molar-refractivity contribution is 7.83. The molecule has 0 bridgehead atoms. The Hall–Kier alpha value is -2.39. The van der Waals surface area contributed by atoms with Gasteiger partial charge in [-0.05, 0) is 75.5 Å². The third kappa shape index (κ3) is 6.54. The monoisotopic (exact) mass is 457 g/mol. The molecule has 0 spiro atoms. The lowest BCUT2D eigenvalue weighted by Crippen LogP contribution is -2.24. The molecule has 0 aliphatic rings. The fraction of sp³-hybridized carbons (Fsp3) is 0.261. The predicted octanol–water partition coefficient (Wildman–Crippen LogP) is 4.71. The molecule has 2 unspecified atom stereocenters. The fourth-order valence-electron chi connectivity index (χ4n) is 2.79. The summed E-state index contributed by atoms with van der Waals surface area (Å²) >= 11 is 0. The van der Waals surface area contributed by atoms with Gasteiger partial charge in [0, 0.05) is 35.2 Å². The maximum atomic E-state index is 11.9. The Morgan fingerprint density at radius 2 is 1.39 bits per heavy atom. The molecule has 4 rings (SSSR count). The van der Waals surface area contributed by atoms with Crippen LogP contribution in [0.3, 0.4) is 0 Å². The minimum Gasteiger partial charge on any atom is -0.464 e. The zero-order valence-corrected chi connectivity index (χ0v) is 19.6. The molecule has 2 N–H and O–H groups in total. The molecule has 0 saturated carbocycles. The lowest BCUT2D eigenvalue weighted by atomic mass is 10.2. The van der Waals surface area contributed by atoms with Crippen LogP contribution in [0.15, 0.2) is 81.4 Å². The van der Waals surface area contributed by atoms with Crippen LogP contribution < -0.4 is 9.44 Å². The Bertz CT molecular complexity index is 1200. The molecule has 0 saturated heterocycles. The van der Waals surface area contributed by atoms with Gasteiger partial charge in [0.2, 0.25) is 0 Å². The van der Waals surface area contributed by atoms with Gasteiger partial charge in [-0.3, -0.25) is 4.98 Å². The highest BCUT2D eigenvalue weighted by Gasteiger charge is 2.07. The van der Waals surface area contributed by atoms with Gasteiger partial charge in [0.15, 0.2) is 0 Å². The zero-order valence-electron chi connectivity index (χ0n) is 18.0. The summed E-state index contributed by atoms with van der Waals surface area (Å²) in [5.74, 6) is 0. The second kappa shape index (κ2) is 10.8. The molecule has 0 aliphatic heterocycles. The molecule has 2 heterocycles. The van der Waals surface area contributed by atoms with E-state index in [9.17, 15) is 8.42 Å². The predicted molar refractivity (Wildman–Crippen MR) is 127 cm³/mol. The smallest absolute Gasteiger partial charge is 0.135 e. The van der Waals surface area contributed by atoms with E-state index in [0.29, 0.717) is 0 Å². The van der Waals surface area contributed by atoms with Crippen LogP contribution >= 0.6 is 0 Å². The first-order valence-electron chi connectivity index (χ1n) is 10.0. The average molecular weight is 458 g/mol. The number of benzene rings is 2. The maximum Gasteiger partial charge on any atom is 0.135 e. The highest BCUT2D eigenvalue weighted by Crippen LogP contribution is 2.19. The number of hydrogen-bond acceptors (Lipinski definition) is 4. The first-order valence-corrected chi connectivity index (χ1v) is 12.3. The van der Waals surface area contributed by atoms with Gasteiger partial charge in [-0.25, -0.2) is 17.9 Å². The molecule has 2 aromatic heterocycles. The Morgan fingerprint density at radius 3 is 2.03 bits per heavy atom. The van der Waals surface area contributed by atoms with Crippen molar-refractivity contribution in [2.75, 3.05) is 0 Å². The second-order valence-corrected chi connectivity index (χ2v) is 10.1. The summed E-state index contributed by atoms with van der Waals surface area (Å²) in [6.07, 6.45) is 5.17. The molecule has 0 amide bonds. The number of fused-ring (bicyclic) bond motifs is 2. The lowest BCUT2D eigenvalue weighted by molar-refractivity contribution is 0.614. The summed E-state index contributed by atoms with van der Waals surface area (Å²) in [6, 6.07) is 15.5. The number of furan rings is 1. The molecule has 2 atom stereocenters. The van der Waals surface area contributed by atoms with E-state index in [-0.39, 0.29) is 12.1 Å². The summed E-state index contributed by atoms with van der Waals surface area (Å²) in [5, 5.41) is 3.15. The molecule has 0 fully saturated rings. The van der Waals surface area contributed by atoms with Crippen molar-refractivity contribution in [3.63, 3.8) is 0 Å². The highest BCUT2D eigenvalue weighted by atomic mass is 32.2. The van der Waals surface area contributed by atoms with Crippen molar-refractivity contribution in [2.45, 2.75) is 49.6 Å². The molecule has 0 radical (unpaired) electrons. The topological polar surface area (TPSA) is 84.2 Å². The van der Waals surface area contributed by atoms with E-state index in [1.165, 1.54) is 0 Å². The third-order valence-corrected chi connectivity index (χ3v) is 6.89. The number of nitrogens with one attached hydrogen (secondary N) is 2. The Morgan fingerprint density at radius 1 is 0.774 bits per heavy atom. The van der Waals surface area contributed by atoms with Gasteiger partial charge in [0.1, 0.15) is 27.6 Å². The van der Waals surface area contributed by atoms with Crippen LogP contribution in [0.5, 0.6) is 0 Å². The molecular weight excluding hydrogens is 430 g/mol. The van der Waals surface area contributed by atoms with Crippen LogP contribution in [-0.4, -0.2) is 25.5 Å². The summed E-state index contributed by atoms with van der Waals surface area (Å²) in [6.45, 7) is 7.87. The molecule has 6 nitrogen and oxygen atoms in total. The summed E-state index contributed by atoms with van der Waals surface area (Å²) in [7, 11) is -2.31. The van der Waals surface area contributed by atoms with Crippen LogP contribution in [-0.2, 0) is 22.0 Å². The minimum absolute atomic E-state index is 0.193. The molecule has 2 aromatic carbocycles. The SMILES string of the molecule is CC(C)NS(=O)c1ccc2ccncc2c1.CC(C)NS(=O)c1ccc2ccoc2c1. The zero-order chi connectivity index (χ0) is 22.4. The molecule has 8 heteroatoms.